The van der Waals surface area contributed by atoms with Gasteiger partial charge in [0.05, 0.1) is 18.1 Å². The maximum atomic E-state index is 10.4. The first kappa shape index (κ1) is 7.41. The van der Waals surface area contributed by atoms with Crippen LogP contribution in [-0.4, -0.2) is 4.89 Å². The van der Waals surface area contributed by atoms with Crippen LogP contribution < -0.4 is 5.73 Å². The van der Waals surface area contributed by atoms with E-state index in [4.69, 9.17) is 10.6 Å². The molecule has 4 nitrogen and oxygen atoms in total. The summed E-state index contributed by atoms with van der Waals surface area (Å²) < 4.78 is 15.0. The van der Waals surface area contributed by atoms with Crippen LogP contribution in [-0.2, 0) is 4.57 Å². The van der Waals surface area contributed by atoms with Gasteiger partial charge in [0.1, 0.15) is 0 Å². The van der Waals surface area contributed by atoms with Gasteiger partial charge in [-0.15, -0.1) is 0 Å². The number of nitrogens with two attached hydrogens (primary N) is 1. The zero-order valence-corrected chi connectivity index (χ0v) is 5.99. The fourth-order valence-corrected chi connectivity index (χ4v) is 0.973. The summed E-state index contributed by atoms with van der Waals surface area (Å²) in [6.07, 6.45) is 2.77. The van der Waals surface area contributed by atoms with Gasteiger partial charge in [-0.25, -0.2) is 0 Å². The molecule has 0 spiro atoms. The highest BCUT2D eigenvalue weighted by atomic mass is 31.1. The first-order chi connectivity index (χ1) is 4.72. The summed E-state index contributed by atoms with van der Waals surface area (Å²) in [5.74, 6) is -0.825. The third-order valence-corrected chi connectivity index (χ3v) is 1.90. The van der Waals surface area contributed by atoms with E-state index in [0.717, 1.165) is 0 Å². The van der Waals surface area contributed by atoms with Gasteiger partial charge in [-0.05, 0) is 10.6 Å². The maximum Gasteiger partial charge on any atom is 0.529 e. The highest BCUT2D eigenvalue weighted by molar-refractivity contribution is 7.38. The van der Waals surface area contributed by atoms with Crippen LogP contribution in [0.25, 0.3) is 0 Å². The van der Waals surface area contributed by atoms with Crippen molar-refractivity contribution < 1.29 is 13.9 Å². The molecule has 0 aromatic carbocycles. The summed E-state index contributed by atoms with van der Waals surface area (Å²) >= 11 is 0. The van der Waals surface area contributed by atoms with Gasteiger partial charge in [0.15, 0.2) is 0 Å². The molecule has 1 aromatic rings. The second-order valence-corrected chi connectivity index (χ2v) is 2.97. The molecular formula is C5H7NO3P+. The van der Waals surface area contributed by atoms with Crippen LogP contribution in [0.3, 0.4) is 0 Å². The third-order valence-electron chi connectivity index (χ3n) is 1.12. The standard InChI is InChI=1S/C5H6NO3P/c6-5(10(7)8)4-1-2-9-3-4/h1-3,5H,6H2/p+1. The Morgan fingerprint density at radius 2 is 2.50 bits per heavy atom. The summed E-state index contributed by atoms with van der Waals surface area (Å²) in [6, 6.07) is 1.56. The predicted octanol–water partition coefficient (Wildman–Crippen LogP) is 0.972. The maximum absolute atomic E-state index is 10.4. The molecule has 0 saturated carbocycles. The molecule has 1 rings (SSSR count). The Bertz CT molecular complexity index is 221. The van der Waals surface area contributed by atoms with Gasteiger partial charge in [-0.2, -0.15) is 4.89 Å². The molecule has 0 radical (unpaired) electrons. The van der Waals surface area contributed by atoms with Gasteiger partial charge >= 0.3 is 8.03 Å². The summed E-state index contributed by atoms with van der Waals surface area (Å²) in [7, 11) is -2.34. The number of hydrogen-bond acceptors (Lipinski definition) is 3. The molecule has 2 atom stereocenters. The van der Waals surface area contributed by atoms with E-state index in [0.29, 0.717) is 5.56 Å². The van der Waals surface area contributed by atoms with E-state index in [9.17, 15) is 4.57 Å². The second kappa shape index (κ2) is 2.92. The van der Waals surface area contributed by atoms with Crippen molar-refractivity contribution in [3.8, 4) is 0 Å². The minimum atomic E-state index is -2.34. The Morgan fingerprint density at radius 1 is 1.80 bits per heavy atom. The number of hydrogen-bond donors (Lipinski definition) is 2. The Hall–Kier alpha value is -0.700. The molecule has 5 heteroatoms. The molecule has 0 aliphatic rings. The third kappa shape index (κ3) is 1.42. The minimum absolute atomic E-state index is 0.545. The predicted molar refractivity (Wildman–Crippen MR) is 35.5 cm³/mol. The molecule has 54 valence electrons. The monoisotopic (exact) mass is 160 g/mol. The van der Waals surface area contributed by atoms with E-state index in [1.807, 2.05) is 0 Å². The van der Waals surface area contributed by atoms with Gasteiger partial charge in [0.25, 0.3) is 5.78 Å². The van der Waals surface area contributed by atoms with E-state index in [2.05, 4.69) is 4.42 Å². The quantitative estimate of drug-likeness (QED) is 0.632. The fraction of sp³-hybridized carbons (Fsp3) is 0.200. The first-order valence-corrected chi connectivity index (χ1v) is 3.93. The molecule has 0 amide bonds. The molecule has 0 saturated heterocycles. The van der Waals surface area contributed by atoms with Crippen molar-refractivity contribution in [2.75, 3.05) is 0 Å². The average Bonchev–Trinajstić information content (AvgIpc) is 2.36. The highest BCUT2D eigenvalue weighted by Crippen LogP contribution is 2.32. The molecular weight excluding hydrogens is 153 g/mol. The lowest BCUT2D eigenvalue weighted by Gasteiger charge is -1.88. The largest absolute Gasteiger partial charge is 0.529 e. The van der Waals surface area contributed by atoms with Crippen molar-refractivity contribution in [2.45, 2.75) is 5.78 Å². The van der Waals surface area contributed by atoms with Crippen LogP contribution in [0.4, 0.5) is 0 Å². The lowest BCUT2D eigenvalue weighted by Crippen LogP contribution is -2.03. The smallest absolute Gasteiger partial charge is 0.472 e. The number of furan rings is 1. The second-order valence-electron chi connectivity index (χ2n) is 1.80. The summed E-state index contributed by atoms with van der Waals surface area (Å²) in [4.78, 5) is 8.54. The van der Waals surface area contributed by atoms with Gasteiger partial charge < -0.3 is 4.42 Å². The molecule has 2 unspecified atom stereocenters. The SMILES string of the molecule is NC(c1ccoc1)[P+](=O)O. The molecule has 0 aliphatic carbocycles. The lowest BCUT2D eigenvalue weighted by molar-refractivity contribution is 0.490. The molecule has 3 N–H and O–H groups in total. The van der Waals surface area contributed by atoms with Gasteiger partial charge in [-0.3, -0.25) is 5.73 Å². The van der Waals surface area contributed by atoms with E-state index >= 15 is 0 Å². The Labute approximate surface area is 58.5 Å². The molecule has 0 bridgehead atoms. The van der Waals surface area contributed by atoms with Gasteiger partial charge in [0, 0.05) is 0 Å². The van der Waals surface area contributed by atoms with Crippen LogP contribution in [0.5, 0.6) is 0 Å². The zero-order valence-electron chi connectivity index (χ0n) is 5.10. The van der Waals surface area contributed by atoms with Crippen molar-refractivity contribution in [3.05, 3.63) is 24.2 Å². The highest BCUT2D eigenvalue weighted by Gasteiger charge is 2.26. The first-order valence-electron chi connectivity index (χ1n) is 2.64. The van der Waals surface area contributed by atoms with Crippen molar-refractivity contribution in [1.82, 2.24) is 0 Å². The van der Waals surface area contributed by atoms with Crippen LogP contribution in [0, 0.1) is 0 Å². The Kier molecular flexibility index (Phi) is 2.17. The van der Waals surface area contributed by atoms with Crippen molar-refractivity contribution in [2.24, 2.45) is 5.73 Å². The Balaban J connectivity index is 2.77. The van der Waals surface area contributed by atoms with Crippen molar-refractivity contribution in [1.29, 1.82) is 0 Å². The fourth-order valence-electron chi connectivity index (χ4n) is 0.571. The normalized spacial score (nSPS) is 14.8. The van der Waals surface area contributed by atoms with Gasteiger partial charge in [-0.1, -0.05) is 0 Å². The molecule has 10 heavy (non-hydrogen) atoms. The molecule has 0 fully saturated rings. The lowest BCUT2D eigenvalue weighted by atomic mass is 10.3. The Morgan fingerprint density at radius 3 is 2.90 bits per heavy atom. The van der Waals surface area contributed by atoms with Crippen LogP contribution >= 0.6 is 8.03 Å². The van der Waals surface area contributed by atoms with Crippen molar-refractivity contribution >= 4 is 8.03 Å². The van der Waals surface area contributed by atoms with Crippen LogP contribution in [0.15, 0.2) is 23.0 Å². The summed E-state index contributed by atoms with van der Waals surface area (Å²) in [6.45, 7) is 0. The number of rotatable bonds is 2. The van der Waals surface area contributed by atoms with Crippen LogP contribution in [0.2, 0.25) is 0 Å². The minimum Gasteiger partial charge on any atom is -0.472 e. The molecule has 1 aromatic heterocycles. The van der Waals surface area contributed by atoms with E-state index in [1.54, 1.807) is 6.07 Å². The molecule has 1 heterocycles. The topological polar surface area (TPSA) is 76.5 Å². The van der Waals surface area contributed by atoms with Crippen LogP contribution in [0.1, 0.15) is 11.3 Å². The van der Waals surface area contributed by atoms with Gasteiger partial charge in [0.2, 0.25) is 0 Å². The molecule has 0 aliphatic heterocycles. The van der Waals surface area contributed by atoms with E-state index in [-0.39, 0.29) is 0 Å². The van der Waals surface area contributed by atoms with E-state index in [1.165, 1.54) is 12.5 Å². The van der Waals surface area contributed by atoms with E-state index < -0.39 is 13.8 Å². The van der Waals surface area contributed by atoms with Crippen molar-refractivity contribution in [3.63, 3.8) is 0 Å². The average molecular weight is 160 g/mol. The summed E-state index contributed by atoms with van der Waals surface area (Å²) in [5.41, 5.74) is 5.83. The summed E-state index contributed by atoms with van der Waals surface area (Å²) in [5, 5.41) is 0. The zero-order chi connectivity index (χ0) is 7.56.